The molecule has 96 valence electrons. The van der Waals surface area contributed by atoms with E-state index in [1.165, 1.54) is 25.5 Å². The van der Waals surface area contributed by atoms with Crippen molar-refractivity contribution in [3.8, 4) is 0 Å². The number of anilines is 1. The summed E-state index contributed by atoms with van der Waals surface area (Å²) in [5.41, 5.74) is 6.57. The first-order valence-electron chi connectivity index (χ1n) is 6.35. The fourth-order valence-corrected chi connectivity index (χ4v) is 3.37. The van der Waals surface area contributed by atoms with Crippen LogP contribution in [0.5, 0.6) is 0 Å². The van der Waals surface area contributed by atoms with Crippen LogP contribution in [0.1, 0.15) is 29.6 Å². The van der Waals surface area contributed by atoms with Crippen LogP contribution in [0.15, 0.2) is 12.3 Å². The number of fused-ring (bicyclic) bond motifs is 1. The number of nitrogens with zero attached hydrogens (tertiary/aromatic N) is 2. The zero-order chi connectivity index (χ0) is 12.7. The van der Waals surface area contributed by atoms with Crippen LogP contribution in [0.4, 0.5) is 5.69 Å². The van der Waals surface area contributed by atoms with Gasteiger partial charge in [-0.1, -0.05) is 18.0 Å². The van der Waals surface area contributed by atoms with Crippen molar-refractivity contribution in [1.82, 2.24) is 9.88 Å². The summed E-state index contributed by atoms with van der Waals surface area (Å²) in [7, 11) is 0. The molecule has 2 fully saturated rings. The number of carbonyl (C=O) groups is 1. The highest BCUT2D eigenvalue weighted by molar-refractivity contribution is 6.32. The number of rotatable bonds is 1. The van der Waals surface area contributed by atoms with Gasteiger partial charge in [-0.2, -0.15) is 0 Å². The molecule has 1 aromatic heterocycles. The lowest BCUT2D eigenvalue weighted by atomic mass is 10.0. The number of pyridine rings is 1. The summed E-state index contributed by atoms with van der Waals surface area (Å²) >= 11 is 5.98. The molecule has 1 saturated carbocycles. The van der Waals surface area contributed by atoms with E-state index in [-0.39, 0.29) is 11.1 Å². The van der Waals surface area contributed by atoms with Crippen LogP contribution in [-0.4, -0.2) is 28.9 Å². The first-order valence-corrected chi connectivity index (χ1v) is 6.73. The SMILES string of the molecule is Nc1cnc(Cl)c(C(=O)N2CC3CCCC3C2)c1. The number of carbonyl (C=O) groups excluding carboxylic acids is 1. The van der Waals surface area contributed by atoms with Crippen LogP contribution >= 0.6 is 11.6 Å². The summed E-state index contributed by atoms with van der Waals surface area (Å²) in [5, 5.41) is 0.242. The molecule has 1 saturated heterocycles. The molecule has 0 radical (unpaired) electrons. The van der Waals surface area contributed by atoms with E-state index >= 15 is 0 Å². The molecule has 1 aliphatic carbocycles. The largest absolute Gasteiger partial charge is 0.397 e. The molecule has 1 aromatic rings. The topological polar surface area (TPSA) is 59.2 Å². The standard InChI is InChI=1S/C13H16ClN3O/c14-12-11(4-10(15)5-16-12)13(18)17-6-8-2-1-3-9(8)7-17/h4-5,8-9H,1-3,6-7,15H2. The Morgan fingerprint density at radius 3 is 2.72 bits per heavy atom. The minimum atomic E-state index is -0.0331. The number of hydrogen-bond acceptors (Lipinski definition) is 3. The summed E-state index contributed by atoms with van der Waals surface area (Å²) in [6, 6.07) is 1.62. The van der Waals surface area contributed by atoms with E-state index in [9.17, 15) is 4.79 Å². The van der Waals surface area contributed by atoms with Crippen LogP contribution in [-0.2, 0) is 0 Å². The van der Waals surface area contributed by atoms with E-state index in [1.54, 1.807) is 6.07 Å². The Labute approximate surface area is 111 Å². The van der Waals surface area contributed by atoms with Gasteiger partial charge in [-0.15, -0.1) is 0 Å². The van der Waals surface area contributed by atoms with Crippen molar-refractivity contribution >= 4 is 23.2 Å². The maximum atomic E-state index is 12.4. The predicted molar refractivity (Wildman–Crippen MR) is 70.4 cm³/mol. The summed E-state index contributed by atoms with van der Waals surface area (Å²) in [4.78, 5) is 18.2. The van der Waals surface area contributed by atoms with Crippen molar-refractivity contribution in [1.29, 1.82) is 0 Å². The Morgan fingerprint density at radius 2 is 2.06 bits per heavy atom. The lowest BCUT2D eigenvalue weighted by molar-refractivity contribution is 0.0780. The normalized spacial score (nSPS) is 26.4. The quantitative estimate of drug-likeness (QED) is 0.792. The van der Waals surface area contributed by atoms with Gasteiger partial charge in [-0.25, -0.2) is 4.98 Å². The summed E-state index contributed by atoms with van der Waals surface area (Å²) in [6.07, 6.45) is 5.27. The zero-order valence-electron chi connectivity index (χ0n) is 10.1. The fourth-order valence-electron chi connectivity index (χ4n) is 3.19. The Balaban J connectivity index is 1.81. The average Bonchev–Trinajstić information content (AvgIpc) is 2.91. The maximum absolute atomic E-state index is 12.4. The number of nitrogen functional groups attached to an aromatic ring is 1. The second kappa shape index (κ2) is 4.43. The number of hydrogen-bond donors (Lipinski definition) is 1. The third-order valence-corrected chi connectivity index (χ3v) is 4.41. The molecule has 2 heterocycles. The van der Waals surface area contributed by atoms with Gasteiger partial charge in [-0.05, 0) is 30.7 Å². The van der Waals surface area contributed by atoms with Crippen LogP contribution in [0.25, 0.3) is 0 Å². The van der Waals surface area contributed by atoms with Crippen LogP contribution < -0.4 is 5.73 Å². The van der Waals surface area contributed by atoms with Gasteiger partial charge in [0.25, 0.3) is 5.91 Å². The first kappa shape index (κ1) is 11.8. The van der Waals surface area contributed by atoms with Crippen LogP contribution in [0.3, 0.4) is 0 Å². The van der Waals surface area contributed by atoms with Gasteiger partial charge in [0.1, 0.15) is 5.15 Å². The maximum Gasteiger partial charge on any atom is 0.257 e. The molecule has 3 rings (SSSR count). The van der Waals surface area contributed by atoms with Crippen molar-refractivity contribution in [3.63, 3.8) is 0 Å². The van der Waals surface area contributed by atoms with E-state index < -0.39 is 0 Å². The third-order valence-electron chi connectivity index (χ3n) is 4.10. The van der Waals surface area contributed by atoms with Crippen molar-refractivity contribution in [2.75, 3.05) is 18.8 Å². The van der Waals surface area contributed by atoms with Gasteiger partial charge in [-0.3, -0.25) is 4.79 Å². The molecule has 18 heavy (non-hydrogen) atoms. The zero-order valence-corrected chi connectivity index (χ0v) is 10.9. The molecule has 2 aliphatic rings. The van der Waals surface area contributed by atoms with Gasteiger partial charge in [0.2, 0.25) is 0 Å². The molecule has 2 N–H and O–H groups in total. The Bertz CT molecular complexity index is 479. The van der Waals surface area contributed by atoms with Gasteiger partial charge in [0.05, 0.1) is 17.4 Å². The van der Waals surface area contributed by atoms with Crippen molar-refractivity contribution in [2.24, 2.45) is 11.8 Å². The number of amides is 1. The van der Waals surface area contributed by atoms with E-state index in [0.29, 0.717) is 23.1 Å². The first-order chi connectivity index (χ1) is 8.65. The Hall–Kier alpha value is -1.29. The third kappa shape index (κ3) is 1.94. The van der Waals surface area contributed by atoms with Gasteiger partial charge in [0.15, 0.2) is 0 Å². The Kier molecular flexibility index (Phi) is 2.90. The average molecular weight is 266 g/mol. The molecular weight excluding hydrogens is 250 g/mol. The fraction of sp³-hybridized carbons (Fsp3) is 0.538. The highest BCUT2D eigenvalue weighted by Crippen LogP contribution is 2.38. The second-order valence-corrected chi connectivity index (χ2v) is 5.63. The molecule has 2 unspecified atom stereocenters. The smallest absolute Gasteiger partial charge is 0.257 e. The number of aromatic nitrogens is 1. The lowest BCUT2D eigenvalue weighted by Gasteiger charge is -2.17. The van der Waals surface area contributed by atoms with Crippen molar-refractivity contribution in [2.45, 2.75) is 19.3 Å². The minimum Gasteiger partial charge on any atom is -0.397 e. The monoisotopic (exact) mass is 265 g/mol. The molecule has 0 aromatic carbocycles. The van der Waals surface area contributed by atoms with Gasteiger partial charge < -0.3 is 10.6 Å². The minimum absolute atomic E-state index is 0.0331. The molecule has 1 aliphatic heterocycles. The summed E-state index contributed by atoms with van der Waals surface area (Å²) < 4.78 is 0. The van der Waals surface area contributed by atoms with E-state index in [0.717, 1.165) is 13.1 Å². The molecule has 2 atom stereocenters. The molecular formula is C13H16ClN3O. The molecule has 4 nitrogen and oxygen atoms in total. The lowest BCUT2D eigenvalue weighted by Crippen LogP contribution is -2.30. The van der Waals surface area contributed by atoms with Crippen LogP contribution in [0.2, 0.25) is 5.15 Å². The highest BCUT2D eigenvalue weighted by atomic mass is 35.5. The molecule has 5 heteroatoms. The van der Waals surface area contributed by atoms with Gasteiger partial charge >= 0.3 is 0 Å². The summed E-state index contributed by atoms with van der Waals surface area (Å²) in [5.74, 6) is 1.33. The Morgan fingerprint density at radius 1 is 1.39 bits per heavy atom. The van der Waals surface area contributed by atoms with Crippen molar-refractivity contribution in [3.05, 3.63) is 23.0 Å². The molecule has 0 spiro atoms. The number of halogens is 1. The van der Waals surface area contributed by atoms with E-state index in [4.69, 9.17) is 17.3 Å². The second-order valence-electron chi connectivity index (χ2n) is 5.27. The van der Waals surface area contributed by atoms with Gasteiger partial charge in [0, 0.05) is 13.1 Å². The van der Waals surface area contributed by atoms with E-state index in [1.807, 2.05) is 4.90 Å². The predicted octanol–water partition coefficient (Wildman–Crippen LogP) is 2.19. The highest BCUT2D eigenvalue weighted by Gasteiger charge is 2.38. The summed E-state index contributed by atoms with van der Waals surface area (Å²) in [6.45, 7) is 1.71. The van der Waals surface area contributed by atoms with E-state index in [2.05, 4.69) is 4.98 Å². The van der Waals surface area contributed by atoms with Crippen LogP contribution in [0, 0.1) is 11.8 Å². The number of nitrogens with two attached hydrogens (primary N) is 1. The number of likely N-dealkylation sites (tertiary alicyclic amines) is 1. The molecule has 0 bridgehead atoms. The molecule has 1 amide bonds. The van der Waals surface area contributed by atoms with Crippen molar-refractivity contribution < 1.29 is 4.79 Å².